The summed E-state index contributed by atoms with van der Waals surface area (Å²) < 4.78 is 0. The average molecular weight is 241 g/mol. The molecule has 2 fully saturated rings. The van der Waals surface area contributed by atoms with Gasteiger partial charge >= 0.3 is 5.97 Å². The third-order valence-corrected chi connectivity index (χ3v) is 3.21. The van der Waals surface area contributed by atoms with Gasteiger partial charge in [0.15, 0.2) is 0 Å². The molecular weight excluding hydrogens is 222 g/mol. The number of carboxylic acids is 1. The van der Waals surface area contributed by atoms with Crippen molar-refractivity contribution in [3.05, 3.63) is 0 Å². The van der Waals surface area contributed by atoms with Gasteiger partial charge in [-0.25, -0.2) is 0 Å². The molecule has 0 spiro atoms. The van der Waals surface area contributed by atoms with E-state index in [4.69, 9.17) is 5.11 Å². The van der Waals surface area contributed by atoms with Crippen molar-refractivity contribution in [3.63, 3.8) is 0 Å². The third kappa shape index (κ3) is 3.67. The van der Waals surface area contributed by atoms with Crippen LogP contribution < -0.4 is 16.0 Å². The fourth-order valence-corrected chi connectivity index (χ4v) is 2.00. The highest BCUT2D eigenvalue weighted by Crippen LogP contribution is 2.19. The molecule has 0 atom stereocenters. The van der Waals surface area contributed by atoms with Gasteiger partial charge in [0.05, 0.1) is 12.0 Å². The molecule has 1 aliphatic heterocycles. The van der Waals surface area contributed by atoms with Crippen LogP contribution in [0, 0.1) is 0 Å². The Hall–Kier alpha value is -1.14. The van der Waals surface area contributed by atoms with Gasteiger partial charge in [-0.1, -0.05) is 0 Å². The lowest BCUT2D eigenvalue weighted by Crippen LogP contribution is -2.68. The molecule has 0 aromatic carbocycles. The minimum absolute atomic E-state index is 0.0535. The summed E-state index contributed by atoms with van der Waals surface area (Å²) in [5.41, 5.74) is -0.355. The van der Waals surface area contributed by atoms with E-state index in [0.717, 1.165) is 12.8 Å². The summed E-state index contributed by atoms with van der Waals surface area (Å²) in [6.07, 6.45) is 2.69. The summed E-state index contributed by atoms with van der Waals surface area (Å²) in [6, 6.07) is 0.390. The predicted molar refractivity (Wildman–Crippen MR) is 61.6 cm³/mol. The number of hydrogen-bond acceptors (Lipinski definition) is 4. The lowest BCUT2D eigenvalue weighted by Gasteiger charge is -2.42. The summed E-state index contributed by atoms with van der Waals surface area (Å²) in [7, 11) is 0. The van der Waals surface area contributed by atoms with Gasteiger partial charge in [0.2, 0.25) is 5.91 Å². The number of rotatable bonds is 7. The largest absolute Gasteiger partial charge is 0.481 e. The van der Waals surface area contributed by atoms with Crippen LogP contribution in [0.3, 0.4) is 0 Å². The van der Waals surface area contributed by atoms with Crippen LogP contribution >= 0.6 is 0 Å². The molecule has 4 N–H and O–H groups in total. The van der Waals surface area contributed by atoms with Crippen molar-refractivity contribution >= 4 is 11.9 Å². The SMILES string of the molecule is O=C(O)CC1(NCCC(=O)NC2CC2)CNC1. The summed E-state index contributed by atoms with van der Waals surface area (Å²) in [5, 5.41) is 18.0. The van der Waals surface area contributed by atoms with Crippen LogP contribution in [0.5, 0.6) is 0 Å². The maximum absolute atomic E-state index is 11.4. The molecule has 6 heteroatoms. The molecule has 17 heavy (non-hydrogen) atoms. The van der Waals surface area contributed by atoms with Crippen molar-refractivity contribution in [1.82, 2.24) is 16.0 Å². The highest BCUT2D eigenvalue weighted by molar-refractivity contribution is 5.76. The van der Waals surface area contributed by atoms with E-state index in [1.807, 2.05) is 0 Å². The van der Waals surface area contributed by atoms with Gasteiger partial charge in [-0.15, -0.1) is 0 Å². The normalized spacial score (nSPS) is 21.6. The number of hydrogen-bond donors (Lipinski definition) is 4. The first-order chi connectivity index (χ1) is 8.10. The summed E-state index contributed by atoms with van der Waals surface area (Å²) in [5.74, 6) is -0.751. The zero-order valence-electron chi connectivity index (χ0n) is 9.79. The van der Waals surface area contributed by atoms with E-state index in [0.29, 0.717) is 32.1 Å². The molecule has 1 amide bonds. The molecule has 0 bridgehead atoms. The number of amides is 1. The van der Waals surface area contributed by atoms with Crippen molar-refractivity contribution in [2.45, 2.75) is 37.3 Å². The van der Waals surface area contributed by atoms with E-state index in [1.165, 1.54) is 0 Å². The Morgan fingerprint density at radius 3 is 2.53 bits per heavy atom. The van der Waals surface area contributed by atoms with Gasteiger partial charge in [-0.2, -0.15) is 0 Å². The fourth-order valence-electron chi connectivity index (χ4n) is 2.00. The second-order valence-corrected chi connectivity index (χ2v) is 4.97. The fraction of sp³-hybridized carbons (Fsp3) is 0.818. The van der Waals surface area contributed by atoms with Gasteiger partial charge in [-0.3, -0.25) is 9.59 Å². The average Bonchev–Trinajstić information content (AvgIpc) is 2.97. The lowest BCUT2D eigenvalue weighted by molar-refractivity contribution is -0.139. The lowest BCUT2D eigenvalue weighted by atomic mass is 9.88. The quantitative estimate of drug-likeness (QED) is 0.462. The van der Waals surface area contributed by atoms with Crippen molar-refractivity contribution in [2.75, 3.05) is 19.6 Å². The van der Waals surface area contributed by atoms with Crippen LogP contribution in [0.1, 0.15) is 25.7 Å². The highest BCUT2D eigenvalue weighted by Gasteiger charge is 2.38. The summed E-state index contributed by atoms with van der Waals surface area (Å²) >= 11 is 0. The molecule has 1 saturated heterocycles. The van der Waals surface area contributed by atoms with Crippen LogP contribution in [-0.4, -0.2) is 48.2 Å². The molecule has 0 unspecified atom stereocenters. The first kappa shape index (κ1) is 12.3. The van der Waals surface area contributed by atoms with Gasteiger partial charge in [0.25, 0.3) is 0 Å². The molecule has 6 nitrogen and oxygen atoms in total. The van der Waals surface area contributed by atoms with E-state index in [2.05, 4.69) is 16.0 Å². The molecule has 0 aromatic rings. The Bertz CT molecular complexity index is 311. The maximum Gasteiger partial charge on any atom is 0.305 e. The van der Waals surface area contributed by atoms with Crippen LogP contribution in [-0.2, 0) is 9.59 Å². The van der Waals surface area contributed by atoms with Crippen LogP contribution in [0.4, 0.5) is 0 Å². The van der Waals surface area contributed by atoms with Crippen molar-refractivity contribution < 1.29 is 14.7 Å². The molecule has 2 aliphatic rings. The Balaban J connectivity index is 1.65. The van der Waals surface area contributed by atoms with E-state index in [-0.39, 0.29) is 17.9 Å². The van der Waals surface area contributed by atoms with Gasteiger partial charge in [0, 0.05) is 32.1 Å². The third-order valence-electron chi connectivity index (χ3n) is 3.21. The predicted octanol–water partition coefficient (Wildman–Crippen LogP) is -0.939. The monoisotopic (exact) mass is 241 g/mol. The van der Waals surface area contributed by atoms with Gasteiger partial charge in [0.1, 0.15) is 0 Å². The molecule has 1 aliphatic carbocycles. The van der Waals surface area contributed by atoms with E-state index < -0.39 is 5.97 Å². The minimum atomic E-state index is -0.804. The maximum atomic E-state index is 11.4. The summed E-state index contributed by atoms with van der Waals surface area (Å²) in [6.45, 7) is 1.85. The Kier molecular flexibility index (Phi) is 3.63. The minimum Gasteiger partial charge on any atom is -0.481 e. The van der Waals surface area contributed by atoms with Gasteiger partial charge < -0.3 is 21.1 Å². The van der Waals surface area contributed by atoms with E-state index in [1.54, 1.807) is 0 Å². The molecule has 1 heterocycles. The van der Waals surface area contributed by atoms with Crippen molar-refractivity contribution in [1.29, 1.82) is 0 Å². The van der Waals surface area contributed by atoms with Crippen LogP contribution in [0.2, 0.25) is 0 Å². The van der Waals surface area contributed by atoms with E-state index in [9.17, 15) is 9.59 Å². The first-order valence-corrected chi connectivity index (χ1v) is 6.07. The first-order valence-electron chi connectivity index (χ1n) is 6.07. The number of nitrogens with one attached hydrogen (secondary N) is 3. The second kappa shape index (κ2) is 5.01. The Labute approximate surface area is 100 Å². The Morgan fingerprint density at radius 1 is 1.35 bits per heavy atom. The molecule has 1 saturated carbocycles. The number of aliphatic carboxylic acids is 1. The highest BCUT2D eigenvalue weighted by atomic mass is 16.4. The molecular formula is C11H19N3O3. The number of carbonyl (C=O) groups is 2. The zero-order valence-corrected chi connectivity index (χ0v) is 9.79. The van der Waals surface area contributed by atoms with Crippen LogP contribution in [0.15, 0.2) is 0 Å². The van der Waals surface area contributed by atoms with E-state index >= 15 is 0 Å². The second-order valence-electron chi connectivity index (χ2n) is 4.97. The van der Waals surface area contributed by atoms with Crippen molar-refractivity contribution in [3.8, 4) is 0 Å². The standard InChI is InChI=1S/C11H19N3O3/c15-9(14-8-1-2-8)3-4-13-11(5-10(16)17)6-12-7-11/h8,12-13H,1-7H2,(H,14,15)(H,16,17). The number of carbonyl (C=O) groups excluding carboxylic acids is 1. The Morgan fingerprint density at radius 2 is 2.06 bits per heavy atom. The number of carboxylic acid groups (broad SMARTS) is 1. The molecule has 0 aromatic heterocycles. The molecule has 96 valence electrons. The zero-order chi connectivity index (χ0) is 12.3. The molecule has 0 radical (unpaired) electrons. The van der Waals surface area contributed by atoms with Gasteiger partial charge in [-0.05, 0) is 12.8 Å². The smallest absolute Gasteiger partial charge is 0.305 e. The van der Waals surface area contributed by atoms with Crippen molar-refractivity contribution in [2.24, 2.45) is 0 Å². The van der Waals surface area contributed by atoms with Crippen LogP contribution in [0.25, 0.3) is 0 Å². The topological polar surface area (TPSA) is 90.5 Å². The summed E-state index contributed by atoms with van der Waals surface area (Å²) in [4.78, 5) is 22.1. The molecule has 2 rings (SSSR count).